The first-order valence-corrected chi connectivity index (χ1v) is 7.12. The SMILES string of the molecule is CCNC1CCCCC1c1nc(CCC(F)(F)F)no1. The Kier molecular flexibility index (Phi) is 5.01. The van der Waals surface area contributed by atoms with Crippen molar-refractivity contribution in [1.82, 2.24) is 15.5 Å². The Bertz CT molecular complexity index is 417. The van der Waals surface area contributed by atoms with Crippen LogP contribution in [-0.2, 0) is 6.42 Å². The molecule has 2 atom stereocenters. The summed E-state index contributed by atoms with van der Waals surface area (Å²) in [5, 5.41) is 7.07. The maximum absolute atomic E-state index is 12.2. The van der Waals surface area contributed by atoms with E-state index in [1.165, 1.54) is 0 Å². The van der Waals surface area contributed by atoms with Crippen LogP contribution in [0.5, 0.6) is 0 Å². The summed E-state index contributed by atoms with van der Waals surface area (Å²) in [5.74, 6) is 0.752. The Morgan fingerprint density at radius 3 is 2.75 bits per heavy atom. The molecule has 0 aromatic carbocycles. The summed E-state index contributed by atoms with van der Waals surface area (Å²) < 4.78 is 41.7. The average molecular weight is 291 g/mol. The fourth-order valence-corrected chi connectivity index (χ4v) is 2.71. The molecule has 1 aliphatic rings. The van der Waals surface area contributed by atoms with Gasteiger partial charge >= 0.3 is 6.18 Å². The van der Waals surface area contributed by atoms with Crippen molar-refractivity contribution in [2.24, 2.45) is 0 Å². The molecule has 2 unspecified atom stereocenters. The summed E-state index contributed by atoms with van der Waals surface area (Å²) in [6, 6.07) is 0.282. The normalized spacial score (nSPS) is 24.0. The average Bonchev–Trinajstić information content (AvgIpc) is 2.85. The summed E-state index contributed by atoms with van der Waals surface area (Å²) in [6.07, 6.45) is -1.08. The highest BCUT2D eigenvalue weighted by atomic mass is 19.4. The van der Waals surface area contributed by atoms with Gasteiger partial charge in [0.25, 0.3) is 0 Å². The number of hydrogen-bond acceptors (Lipinski definition) is 4. The fourth-order valence-electron chi connectivity index (χ4n) is 2.71. The zero-order chi connectivity index (χ0) is 14.6. The Balaban J connectivity index is 1.99. The van der Waals surface area contributed by atoms with Crippen molar-refractivity contribution in [2.75, 3.05) is 6.54 Å². The van der Waals surface area contributed by atoms with Gasteiger partial charge in [0.1, 0.15) is 0 Å². The van der Waals surface area contributed by atoms with E-state index in [-0.39, 0.29) is 24.2 Å². The molecular weight excluding hydrogens is 271 g/mol. The van der Waals surface area contributed by atoms with Crippen LogP contribution in [-0.4, -0.2) is 28.9 Å². The molecule has 0 radical (unpaired) electrons. The monoisotopic (exact) mass is 291 g/mol. The van der Waals surface area contributed by atoms with Gasteiger partial charge in [-0.25, -0.2) is 0 Å². The minimum absolute atomic E-state index is 0.121. The molecule has 1 heterocycles. The molecular formula is C13H20F3N3O. The van der Waals surface area contributed by atoms with Crippen molar-refractivity contribution in [3.63, 3.8) is 0 Å². The van der Waals surface area contributed by atoms with E-state index in [1.807, 2.05) is 6.92 Å². The second-order valence-electron chi connectivity index (χ2n) is 5.22. The lowest BCUT2D eigenvalue weighted by Crippen LogP contribution is -2.37. The van der Waals surface area contributed by atoms with Crippen molar-refractivity contribution in [2.45, 2.75) is 63.6 Å². The molecule has 1 aromatic rings. The van der Waals surface area contributed by atoms with Crippen LogP contribution in [0.4, 0.5) is 13.2 Å². The molecule has 1 saturated carbocycles. The Morgan fingerprint density at radius 1 is 1.30 bits per heavy atom. The molecule has 1 fully saturated rings. The van der Waals surface area contributed by atoms with Crippen LogP contribution < -0.4 is 5.32 Å². The van der Waals surface area contributed by atoms with E-state index in [2.05, 4.69) is 15.5 Å². The number of nitrogens with zero attached hydrogens (tertiary/aromatic N) is 2. The first-order valence-electron chi connectivity index (χ1n) is 7.12. The van der Waals surface area contributed by atoms with E-state index >= 15 is 0 Å². The molecule has 2 rings (SSSR count). The van der Waals surface area contributed by atoms with Gasteiger partial charge in [0.2, 0.25) is 5.89 Å². The topological polar surface area (TPSA) is 51.0 Å². The zero-order valence-electron chi connectivity index (χ0n) is 11.5. The number of rotatable bonds is 5. The van der Waals surface area contributed by atoms with Crippen LogP contribution in [0.25, 0.3) is 0 Å². The molecule has 0 saturated heterocycles. The van der Waals surface area contributed by atoms with Gasteiger partial charge in [-0.2, -0.15) is 18.2 Å². The Labute approximate surface area is 116 Å². The highest BCUT2D eigenvalue weighted by molar-refractivity contribution is 5.01. The molecule has 0 aliphatic heterocycles. The third kappa shape index (κ3) is 4.19. The molecule has 0 amide bonds. The van der Waals surface area contributed by atoms with Gasteiger partial charge in [-0.15, -0.1) is 0 Å². The highest BCUT2D eigenvalue weighted by Crippen LogP contribution is 2.32. The maximum Gasteiger partial charge on any atom is 0.389 e. The predicted molar refractivity (Wildman–Crippen MR) is 67.3 cm³/mol. The van der Waals surface area contributed by atoms with E-state index in [0.29, 0.717) is 5.89 Å². The summed E-state index contributed by atoms with van der Waals surface area (Å²) in [5.41, 5.74) is 0. The molecule has 0 bridgehead atoms. The predicted octanol–water partition coefficient (Wildman–Crippen LogP) is 3.20. The van der Waals surface area contributed by atoms with Crippen molar-refractivity contribution in [3.8, 4) is 0 Å². The second-order valence-corrected chi connectivity index (χ2v) is 5.22. The van der Waals surface area contributed by atoms with E-state index in [0.717, 1.165) is 32.2 Å². The minimum atomic E-state index is -4.18. The van der Waals surface area contributed by atoms with Crippen LogP contribution in [0, 0.1) is 0 Å². The first kappa shape index (κ1) is 15.3. The molecule has 1 aliphatic carbocycles. The largest absolute Gasteiger partial charge is 0.389 e. The summed E-state index contributed by atoms with van der Waals surface area (Å²) in [4.78, 5) is 4.15. The fraction of sp³-hybridized carbons (Fsp3) is 0.846. The number of alkyl halides is 3. The third-order valence-corrected chi connectivity index (χ3v) is 3.67. The van der Waals surface area contributed by atoms with Crippen LogP contribution >= 0.6 is 0 Å². The number of hydrogen-bond donors (Lipinski definition) is 1. The molecule has 0 spiro atoms. The standard InChI is InChI=1S/C13H20F3N3O/c1-2-17-10-6-4-3-5-9(10)12-18-11(19-20-12)7-8-13(14,15)16/h9-10,17H,2-8H2,1H3. The Morgan fingerprint density at radius 2 is 2.05 bits per heavy atom. The van der Waals surface area contributed by atoms with Crippen molar-refractivity contribution in [3.05, 3.63) is 11.7 Å². The number of likely N-dealkylation sites (N-methyl/N-ethyl adjacent to an activating group) is 1. The molecule has 1 N–H and O–H groups in total. The zero-order valence-corrected chi connectivity index (χ0v) is 11.5. The van der Waals surface area contributed by atoms with E-state index in [9.17, 15) is 13.2 Å². The summed E-state index contributed by atoms with van der Waals surface area (Å²) in [7, 11) is 0. The highest BCUT2D eigenvalue weighted by Gasteiger charge is 2.31. The summed E-state index contributed by atoms with van der Waals surface area (Å²) in [6.45, 7) is 2.89. The lowest BCUT2D eigenvalue weighted by molar-refractivity contribution is -0.134. The van der Waals surface area contributed by atoms with E-state index in [4.69, 9.17) is 4.52 Å². The van der Waals surface area contributed by atoms with Gasteiger partial charge in [0, 0.05) is 12.5 Å². The van der Waals surface area contributed by atoms with Crippen LogP contribution in [0.2, 0.25) is 0 Å². The lowest BCUT2D eigenvalue weighted by Gasteiger charge is -2.29. The Hall–Kier alpha value is -1.11. The van der Waals surface area contributed by atoms with E-state index in [1.54, 1.807) is 0 Å². The molecule has 1 aromatic heterocycles. The van der Waals surface area contributed by atoms with E-state index < -0.39 is 12.6 Å². The summed E-state index contributed by atoms with van der Waals surface area (Å²) >= 11 is 0. The molecule has 114 valence electrons. The molecule has 4 nitrogen and oxygen atoms in total. The second kappa shape index (κ2) is 6.56. The van der Waals surface area contributed by atoms with Crippen molar-refractivity contribution in [1.29, 1.82) is 0 Å². The number of aromatic nitrogens is 2. The third-order valence-electron chi connectivity index (χ3n) is 3.67. The molecule has 20 heavy (non-hydrogen) atoms. The number of aryl methyl sites for hydroxylation is 1. The maximum atomic E-state index is 12.2. The van der Waals surface area contributed by atoms with Crippen LogP contribution in [0.1, 0.15) is 56.7 Å². The quantitative estimate of drug-likeness (QED) is 0.905. The van der Waals surface area contributed by atoms with Gasteiger partial charge in [-0.3, -0.25) is 0 Å². The molecule has 7 heteroatoms. The van der Waals surface area contributed by atoms with Gasteiger partial charge in [-0.05, 0) is 19.4 Å². The van der Waals surface area contributed by atoms with Crippen LogP contribution in [0.15, 0.2) is 4.52 Å². The minimum Gasteiger partial charge on any atom is -0.339 e. The van der Waals surface area contributed by atoms with Gasteiger partial charge in [-0.1, -0.05) is 24.9 Å². The van der Waals surface area contributed by atoms with Gasteiger partial charge in [0.05, 0.1) is 12.3 Å². The van der Waals surface area contributed by atoms with Crippen LogP contribution in [0.3, 0.4) is 0 Å². The van der Waals surface area contributed by atoms with Gasteiger partial charge in [0.15, 0.2) is 5.82 Å². The van der Waals surface area contributed by atoms with Crippen molar-refractivity contribution < 1.29 is 17.7 Å². The van der Waals surface area contributed by atoms with Gasteiger partial charge < -0.3 is 9.84 Å². The first-order chi connectivity index (χ1) is 9.49. The number of nitrogens with one attached hydrogen (secondary N) is 1. The van der Waals surface area contributed by atoms with Crippen molar-refractivity contribution >= 4 is 0 Å². The lowest BCUT2D eigenvalue weighted by atomic mass is 9.84. The smallest absolute Gasteiger partial charge is 0.339 e. The number of halogens is 3.